The van der Waals surface area contributed by atoms with E-state index in [1.807, 2.05) is 25.1 Å². The number of rotatable bonds is 3. The minimum absolute atomic E-state index is 0.211. The van der Waals surface area contributed by atoms with Crippen LogP contribution in [0.25, 0.3) is 0 Å². The van der Waals surface area contributed by atoms with Crippen molar-refractivity contribution in [2.45, 2.75) is 13.0 Å². The summed E-state index contributed by atoms with van der Waals surface area (Å²) in [7, 11) is 0. The van der Waals surface area contributed by atoms with Crippen molar-refractivity contribution in [3.63, 3.8) is 0 Å². The zero-order valence-electron chi connectivity index (χ0n) is 8.74. The predicted octanol–water partition coefficient (Wildman–Crippen LogP) is 1.32. The molecule has 0 bridgehead atoms. The second kappa shape index (κ2) is 4.61. The zero-order valence-corrected chi connectivity index (χ0v) is 9.49. The third-order valence-electron chi connectivity index (χ3n) is 2.43. The topological polar surface area (TPSA) is 79.6 Å². The van der Waals surface area contributed by atoms with Crippen molar-refractivity contribution in [1.82, 2.24) is 20.8 Å². The average Bonchev–Trinajstić information content (AvgIpc) is 2.78. The Balaban J connectivity index is 2.37. The second-order valence-corrected chi connectivity index (χ2v) is 3.91. The molecule has 1 aromatic carbocycles. The summed E-state index contributed by atoms with van der Waals surface area (Å²) < 4.78 is 0. The Morgan fingerprint density at radius 1 is 1.50 bits per heavy atom. The van der Waals surface area contributed by atoms with E-state index in [1.165, 1.54) is 0 Å². The van der Waals surface area contributed by atoms with E-state index >= 15 is 0 Å². The fourth-order valence-electron chi connectivity index (χ4n) is 1.49. The molecule has 0 amide bonds. The summed E-state index contributed by atoms with van der Waals surface area (Å²) in [4.78, 5) is 0. The van der Waals surface area contributed by atoms with E-state index < -0.39 is 0 Å². The third-order valence-corrected chi connectivity index (χ3v) is 2.83. The second-order valence-electron chi connectivity index (χ2n) is 3.50. The number of halogens is 1. The molecule has 1 unspecified atom stereocenters. The number of nitrogens with two attached hydrogens (primary N) is 1. The summed E-state index contributed by atoms with van der Waals surface area (Å²) in [5.41, 5.74) is 5.39. The Morgan fingerprint density at radius 3 is 2.88 bits per heavy atom. The molecule has 0 aliphatic heterocycles. The maximum absolute atomic E-state index is 6.06. The Hall–Kier alpha value is -1.43. The van der Waals surface area contributed by atoms with E-state index in [2.05, 4.69) is 20.8 Å². The molecule has 5 nitrogen and oxygen atoms in total. The van der Waals surface area contributed by atoms with Gasteiger partial charge in [0, 0.05) is 5.02 Å². The molecule has 0 saturated heterocycles. The van der Waals surface area contributed by atoms with E-state index in [1.54, 1.807) is 6.20 Å². The van der Waals surface area contributed by atoms with Crippen LogP contribution in [0.3, 0.4) is 0 Å². The fraction of sp³-hybridized carbons (Fsp3) is 0.200. The van der Waals surface area contributed by atoms with Gasteiger partial charge in [0.2, 0.25) is 0 Å². The minimum atomic E-state index is -0.211. The first kappa shape index (κ1) is 11.1. The molecule has 0 aliphatic rings. The molecule has 0 radical (unpaired) electrons. The van der Waals surface area contributed by atoms with Crippen LogP contribution in [0.15, 0.2) is 24.4 Å². The standard InChI is InChI=1S/C10H12ClN5/c1-6-2-3-7(4-8(6)11)10(14-12)9-5-13-16-15-9/h2-5,10,14H,12H2,1H3,(H,13,15,16). The molecule has 16 heavy (non-hydrogen) atoms. The number of H-pyrrole nitrogens is 1. The van der Waals surface area contributed by atoms with Crippen LogP contribution in [0.4, 0.5) is 0 Å². The van der Waals surface area contributed by atoms with Crippen molar-refractivity contribution in [3.05, 3.63) is 46.2 Å². The molecule has 0 aliphatic carbocycles. The summed E-state index contributed by atoms with van der Waals surface area (Å²) >= 11 is 6.06. The normalized spacial score (nSPS) is 12.7. The van der Waals surface area contributed by atoms with Crippen molar-refractivity contribution in [2.75, 3.05) is 0 Å². The summed E-state index contributed by atoms with van der Waals surface area (Å²) in [5, 5.41) is 11.0. The largest absolute Gasteiger partial charge is 0.271 e. The lowest BCUT2D eigenvalue weighted by atomic mass is 10.0. The number of nitrogens with zero attached hydrogens (tertiary/aromatic N) is 2. The van der Waals surface area contributed by atoms with Crippen LogP contribution < -0.4 is 11.3 Å². The van der Waals surface area contributed by atoms with Crippen molar-refractivity contribution in [2.24, 2.45) is 5.84 Å². The van der Waals surface area contributed by atoms with E-state index in [0.717, 1.165) is 16.8 Å². The first-order valence-electron chi connectivity index (χ1n) is 4.80. The van der Waals surface area contributed by atoms with Crippen LogP contribution in [0.2, 0.25) is 5.02 Å². The SMILES string of the molecule is Cc1ccc(C(NN)c2cn[nH]n2)cc1Cl. The molecular weight excluding hydrogens is 226 g/mol. The molecule has 2 aromatic rings. The predicted molar refractivity (Wildman–Crippen MR) is 61.7 cm³/mol. The molecule has 4 N–H and O–H groups in total. The van der Waals surface area contributed by atoms with E-state index in [-0.39, 0.29) is 6.04 Å². The van der Waals surface area contributed by atoms with E-state index in [9.17, 15) is 0 Å². The van der Waals surface area contributed by atoms with Gasteiger partial charge in [0.25, 0.3) is 0 Å². The highest BCUT2D eigenvalue weighted by molar-refractivity contribution is 6.31. The van der Waals surface area contributed by atoms with Gasteiger partial charge in [-0.1, -0.05) is 23.7 Å². The Kier molecular flexibility index (Phi) is 3.19. The lowest BCUT2D eigenvalue weighted by Gasteiger charge is -2.14. The smallest absolute Gasteiger partial charge is 0.105 e. The van der Waals surface area contributed by atoms with Gasteiger partial charge in [-0.2, -0.15) is 15.4 Å². The Labute approximate surface area is 98.0 Å². The quantitative estimate of drug-likeness (QED) is 0.556. The van der Waals surface area contributed by atoms with Crippen molar-refractivity contribution in [3.8, 4) is 0 Å². The number of aromatic amines is 1. The third kappa shape index (κ3) is 2.06. The van der Waals surface area contributed by atoms with Gasteiger partial charge in [0.1, 0.15) is 5.69 Å². The van der Waals surface area contributed by atoms with Gasteiger partial charge in [-0.3, -0.25) is 5.84 Å². The Morgan fingerprint density at radius 2 is 2.31 bits per heavy atom. The maximum atomic E-state index is 6.06. The molecule has 0 spiro atoms. The molecule has 1 aromatic heterocycles. The van der Waals surface area contributed by atoms with Crippen LogP contribution in [-0.2, 0) is 0 Å². The van der Waals surface area contributed by atoms with Gasteiger partial charge in [0.15, 0.2) is 0 Å². The van der Waals surface area contributed by atoms with Crippen LogP contribution >= 0.6 is 11.6 Å². The molecule has 0 saturated carbocycles. The van der Waals surface area contributed by atoms with Gasteiger partial charge in [-0.15, -0.1) is 0 Å². The molecule has 6 heteroatoms. The van der Waals surface area contributed by atoms with Gasteiger partial charge < -0.3 is 0 Å². The average molecular weight is 238 g/mol. The van der Waals surface area contributed by atoms with Crippen LogP contribution in [0, 0.1) is 6.92 Å². The molecule has 1 atom stereocenters. The number of aryl methyl sites for hydroxylation is 1. The minimum Gasteiger partial charge on any atom is -0.271 e. The molecule has 84 valence electrons. The van der Waals surface area contributed by atoms with Crippen LogP contribution in [-0.4, -0.2) is 15.4 Å². The number of aromatic nitrogens is 3. The Bertz CT molecular complexity index is 468. The maximum Gasteiger partial charge on any atom is 0.105 e. The first-order valence-corrected chi connectivity index (χ1v) is 5.18. The molecule has 0 fully saturated rings. The number of hydrogen-bond acceptors (Lipinski definition) is 4. The van der Waals surface area contributed by atoms with Gasteiger partial charge in [-0.05, 0) is 24.1 Å². The summed E-state index contributed by atoms with van der Waals surface area (Å²) in [5.74, 6) is 5.51. The first-order chi connectivity index (χ1) is 7.72. The van der Waals surface area contributed by atoms with Gasteiger partial charge in [-0.25, -0.2) is 5.43 Å². The van der Waals surface area contributed by atoms with Crippen molar-refractivity contribution in [1.29, 1.82) is 0 Å². The number of hydrazine groups is 1. The summed E-state index contributed by atoms with van der Waals surface area (Å²) in [6.07, 6.45) is 1.62. The van der Waals surface area contributed by atoms with Gasteiger partial charge in [0.05, 0.1) is 12.2 Å². The van der Waals surface area contributed by atoms with Crippen molar-refractivity contribution >= 4 is 11.6 Å². The molecule has 2 rings (SSSR count). The number of nitrogens with one attached hydrogen (secondary N) is 2. The highest BCUT2D eigenvalue weighted by atomic mass is 35.5. The molecular formula is C10H12ClN5. The zero-order chi connectivity index (χ0) is 11.5. The monoisotopic (exact) mass is 237 g/mol. The van der Waals surface area contributed by atoms with Crippen LogP contribution in [0.1, 0.15) is 22.9 Å². The molecule has 1 heterocycles. The lowest BCUT2D eigenvalue weighted by molar-refractivity contribution is 0.618. The highest BCUT2D eigenvalue weighted by Crippen LogP contribution is 2.24. The fourth-order valence-corrected chi connectivity index (χ4v) is 1.68. The van der Waals surface area contributed by atoms with Crippen molar-refractivity contribution < 1.29 is 0 Å². The number of benzene rings is 1. The van der Waals surface area contributed by atoms with Crippen LogP contribution in [0.5, 0.6) is 0 Å². The highest BCUT2D eigenvalue weighted by Gasteiger charge is 2.15. The van der Waals surface area contributed by atoms with Gasteiger partial charge >= 0.3 is 0 Å². The lowest BCUT2D eigenvalue weighted by Crippen LogP contribution is -2.29. The van der Waals surface area contributed by atoms with E-state index in [0.29, 0.717) is 5.02 Å². The number of hydrogen-bond donors (Lipinski definition) is 3. The summed E-state index contributed by atoms with van der Waals surface area (Å²) in [6, 6.07) is 5.57. The summed E-state index contributed by atoms with van der Waals surface area (Å²) in [6.45, 7) is 1.95. The van der Waals surface area contributed by atoms with E-state index in [4.69, 9.17) is 17.4 Å².